The van der Waals surface area contributed by atoms with E-state index >= 15 is 0 Å². The molecule has 0 fully saturated rings. The van der Waals surface area contributed by atoms with Crippen LogP contribution in [0.2, 0.25) is 0 Å². The molecule has 1 rings (SSSR count). The van der Waals surface area contributed by atoms with Crippen LogP contribution in [0.5, 0.6) is 0 Å². The summed E-state index contributed by atoms with van der Waals surface area (Å²) in [4.78, 5) is 12.2. The third-order valence-corrected chi connectivity index (χ3v) is 4.51. The summed E-state index contributed by atoms with van der Waals surface area (Å²) < 4.78 is 0. The van der Waals surface area contributed by atoms with Crippen LogP contribution in [0.3, 0.4) is 0 Å². The number of allylic oxidation sites excluding steroid dienone is 4. The predicted molar refractivity (Wildman–Crippen MR) is 95.2 cm³/mol. The molecule has 0 bridgehead atoms. The monoisotopic (exact) mass is 320 g/mol. The normalized spacial score (nSPS) is 22.8. The number of carbonyl (C=O) groups is 1. The Balaban J connectivity index is 2.60. The highest BCUT2D eigenvalue weighted by Gasteiger charge is 2.33. The number of hydrogen-bond donors (Lipinski definition) is 2. The van der Waals surface area contributed by atoms with E-state index in [1.54, 1.807) is 19.1 Å². The van der Waals surface area contributed by atoms with Crippen LogP contribution >= 0.6 is 0 Å². The first-order valence-electron chi connectivity index (χ1n) is 8.51. The van der Waals surface area contributed by atoms with Gasteiger partial charge in [0, 0.05) is 6.42 Å². The molecule has 0 aliphatic heterocycles. The molecular weight excluding hydrogens is 288 g/mol. The van der Waals surface area contributed by atoms with Gasteiger partial charge in [0.05, 0.1) is 11.7 Å². The van der Waals surface area contributed by atoms with Gasteiger partial charge in [-0.05, 0) is 72.3 Å². The molecule has 0 aromatic carbocycles. The van der Waals surface area contributed by atoms with E-state index in [1.165, 1.54) is 5.57 Å². The van der Waals surface area contributed by atoms with Gasteiger partial charge in [-0.2, -0.15) is 0 Å². The van der Waals surface area contributed by atoms with E-state index in [0.29, 0.717) is 6.42 Å². The Hall–Kier alpha value is -1.19. The first-order chi connectivity index (χ1) is 10.6. The highest BCUT2D eigenvalue weighted by atomic mass is 16.3. The van der Waals surface area contributed by atoms with Crippen molar-refractivity contribution in [3.63, 3.8) is 0 Å². The maximum atomic E-state index is 12.2. The Bertz CT molecular complexity index is 505. The van der Waals surface area contributed by atoms with Crippen LogP contribution in [0.25, 0.3) is 0 Å². The Morgan fingerprint density at radius 2 is 2.09 bits per heavy atom. The van der Waals surface area contributed by atoms with Crippen LogP contribution in [0, 0.1) is 5.92 Å². The molecular formula is C20H32O3. The minimum atomic E-state index is -0.969. The molecule has 3 atom stereocenters. The van der Waals surface area contributed by atoms with E-state index in [-0.39, 0.29) is 18.1 Å². The lowest BCUT2D eigenvalue weighted by atomic mass is 9.76. The summed E-state index contributed by atoms with van der Waals surface area (Å²) in [7, 11) is 0. The molecule has 0 aromatic heterocycles. The van der Waals surface area contributed by atoms with Crippen LogP contribution < -0.4 is 0 Å². The average Bonchev–Trinajstić information content (AvgIpc) is 2.36. The number of hydrogen-bond acceptors (Lipinski definition) is 3. The van der Waals surface area contributed by atoms with Crippen molar-refractivity contribution in [1.82, 2.24) is 0 Å². The Labute approximate surface area is 140 Å². The van der Waals surface area contributed by atoms with Gasteiger partial charge in [0.15, 0.2) is 5.78 Å². The molecule has 0 saturated heterocycles. The summed E-state index contributed by atoms with van der Waals surface area (Å²) in [6, 6.07) is 0. The van der Waals surface area contributed by atoms with Crippen molar-refractivity contribution >= 4 is 5.78 Å². The first kappa shape index (κ1) is 19.9. The van der Waals surface area contributed by atoms with Gasteiger partial charge in [-0.1, -0.05) is 28.9 Å². The van der Waals surface area contributed by atoms with Gasteiger partial charge in [0.1, 0.15) is 0 Å². The topological polar surface area (TPSA) is 57.5 Å². The molecule has 0 spiro atoms. The second kappa shape index (κ2) is 8.60. The molecule has 23 heavy (non-hydrogen) atoms. The van der Waals surface area contributed by atoms with Crippen molar-refractivity contribution < 1.29 is 15.0 Å². The molecule has 0 unspecified atom stereocenters. The van der Waals surface area contributed by atoms with Gasteiger partial charge < -0.3 is 10.2 Å². The third kappa shape index (κ3) is 7.28. The smallest absolute Gasteiger partial charge is 0.158 e. The number of carbonyl (C=O) groups excluding carboxylic acids is 1. The maximum Gasteiger partial charge on any atom is 0.158 e. The zero-order valence-corrected chi connectivity index (χ0v) is 15.2. The van der Waals surface area contributed by atoms with Crippen LogP contribution in [-0.2, 0) is 4.79 Å². The van der Waals surface area contributed by atoms with Crippen molar-refractivity contribution in [1.29, 1.82) is 0 Å². The highest BCUT2D eigenvalue weighted by Crippen LogP contribution is 2.34. The lowest BCUT2D eigenvalue weighted by Crippen LogP contribution is -2.37. The lowest BCUT2D eigenvalue weighted by Gasteiger charge is -2.34. The second-order valence-corrected chi connectivity index (χ2v) is 7.53. The van der Waals surface area contributed by atoms with Crippen LogP contribution in [0.4, 0.5) is 0 Å². The summed E-state index contributed by atoms with van der Waals surface area (Å²) in [6.07, 6.45) is 8.33. The van der Waals surface area contributed by atoms with Crippen molar-refractivity contribution in [2.45, 2.75) is 78.4 Å². The van der Waals surface area contributed by atoms with Gasteiger partial charge >= 0.3 is 0 Å². The summed E-state index contributed by atoms with van der Waals surface area (Å²) in [6.45, 7) is 9.60. The summed E-state index contributed by atoms with van der Waals surface area (Å²) >= 11 is 0. The minimum Gasteiger partial charge on any atom is -0.389 e. The quantitative estimate of drug-likeness (QED) is 0.548. The average molecular weight is 320 g/mol. The predicted octanol–water partition coefficient (Wildman–Crippen LogP) is 4.11. The summed E-state index contributed by atoms with van der Waals surface area (Å²) in [5.41, 5.74) is 2.30. The van der Waals surface area contributed by atoms with E-state index in [1.807, 2.05) is 20.8 Å². The molecule has 130 valence electrons. The van der Waals surface area contributed by atoms with Crippen molar-refractivity contribution in [2.24, 2.45) is 5.92 Å². The van der Waals surface area contributed by atoms with E-state index in [9.17, 15) is 15.0 Å². The second-order valence-electron chi connectivity index (χ2n) is 7.53. The SMILES string of the molecule is CC(C)=C[C@H](O)C/C(C)=C/C(=O)C[C@@](C)(O)[C@@H]1CC=C(C)CC1. The van der Waals surface area contributed by atoms with E-state index in [4.69, 9.17) is 0 Å². The third-order valence-electron chi connectivity index (χ3n) is 4.51. The fraction of sp³-hybridized carbons (Fsp3) is 0.650. The van der Waals surface area contributed by atoms with Gasteiger partial charge in [-0.25, -0.2) is 0 Å². The largest absolute Gasteiger partial charge is 0.389 e. The van der Waals surface area contributed by atoms with Crippen molar-refractivity contribution in [2.75, 3.05) is 0 Å². The summed E-state index contributed by atoms with van der Waals surface area (Å²) in [5, 5.41) is 20.6. The molecule has 0 saturated carbocycles. The van der Waals surface area contributed by atoms with Crippen LogP contribution in [0.1, 0.15) is 66.7 Å². The highest BCUT2D eigenvalue weighted by molar-refractivity contribution is 5.91. The number of rotatable bonds is 7. The molecule has 0 amide bonds. The van der Waals surface area contributed by atoms with E-state index in [0.717, 1.165) is 30.4 Å². The van der Waals surface area contributed by atoms with Crippen LogP contribution in [0.15, 0.2) is 34.9 Å². The molecule has 0 aromatic rings. The van der Waals surface area contributed by atoms with Gasteiger partial charge in [0.2, 0.25) is 0 Å². The standard InChI is InChI=1S/C20H32O3/c1-14(2)10-18(21)11-16(4)12-19(22)13-20(5,23)17-8-6-15(3)7-9-17/h6,10,12,17-18,21,23H,7-9,11,13H2,1-5H3/b16-12+/t17-,18+,20-/m1/s1. The first-order valence-corrected chi connectivity index (χ1v) is 8.51. The fourth-order valence-corrected chi connectivity index (χ4v) is 3.19. The fourth-order valence-electron chi connectivity index (χ4n) is 3.19. The zero-order valence-electron chi connectivity index (χ0n) is 15.2. The van der Waals surface area contributed by atoms with Crippen LogP contribution in [-0.4, -0.2) is 27.7 Å². The molecule has 3 heteroatoms. The van der Waals surface area contributed by atoms with Crippen molar-refractivity contribution in [3.05, 3.63) is 34.9 Å². The zero-order chi connectivity index (χ0) is 17.6. The molecule has 1 aliphatic rings. The Kier molecular flexibility index (Phi) is 7.43. The lowest BCUT2D eigenvalue weighted by molar-refractivity contribution is -0.121. The number of ketones is 1. The van der Waals surface area contributed by atoms with E-state index in [2.05, 4.69) is 13.0 Å². The van der Waals surface area contributed by atoms with Crippen molar-refractivity contribution in [3.8, 4) is 0 Å². The summed E-state index contributed by atoms with van der Waals surface area (Å²) in [5.74, 6) is 0.0725. The molecule has 3 nitrogen and oxygen atoms in total. The molecule has 0 heterocycles. The molecule has 2 N–H and O–H groups in total. The molecule has 0 radical (unpaired) electrons. The van der Waals surface area contributed by atoms with E-state index < -0.39 is 11.7 Å². The van der Waals surface area contributed by atoms with Gasteiger partial charge in [-0.3, -0.25) is 4.79 Å². The molecule has 1 aliphatic carbocycles. The maximum absolute atomic E-state index is 12.2. The Morgan fingerprint density at radius 1 is 1.43 bits per heavy atom. The minimum absolute atomic E-state index is 0.0665. The number of aliphatic hydroxyl groups excluding tert-OH is 1. The Morgan fingerprint density at radius 3 is 2.61 bits per heavy atom. The van der Waals surface area contributed by atoms with Gasteiger partial charge in [-0.15, -0.1) is 0 Å². The van der Waals surface area contributed by atoms with Gasteiger partial charge in [0.25, 0.3) is 0 Å². The number of aliphatic hydroxyl groups is 2.